The molecule has 0 bridgehead atoms. The van der Waals surface area contributed by atoms with Crippen LogP contribution in [0.4, 0.5) is 5.69 Å². The van der Waals surface area contributed by atoms with Crippen LogP contribution in [0.1, 0.15) is 12.6 Å². The lowest BCUT2D eigenvalue weighted by molar-refractivity contribution is 0.582. The molecule has 1 unspecified atom stereocenters. The summed E-state index contributed by atoms with van der Waals surface area (Å²) < 4.78 is 0. The molecule has 0 radical (unpaired) electrons. The van der Waals surface area contributed by atoms with Gasteiger partial charge in [0.2, 0.25) is 11.9 Å². The lowest BCUT2D eigenvalue weighted by Gasteiger charge is -2.24. The minimum absolute atomic E-state index is 0.0737. The maximum Gasteiger partial charge on any atom is 0.204 e. The summed E-state index contributed by atoms with van der Waals surface area (Å²) in [6.07, 6.45) is 1.82. The van der Waals surface area contributed by atoms with Crippen LogP contribution in [-0.2, 0) is 0 Å². The molecule has 0 amide bonds. The Morgan fingerprint density at radius 3 is 2.71 bits per heavy atom. The molecular weight excluding hydrogens is 216 g/mol. The molecule has 1 aromatic heterocycles. The van der Waals surface area contributed by atoms with E-state index in [9.17, 15) is 0 Å². The number of aromatic nitrogens is 1. The maximum absolute atomic E-state index is 4.40. The first-order valence-corrected chi connectivity index (χ1v) is 5.57. The highest BCUT2D eigenvalue weighted by Gasteiger charge is 2.15. The molecule has 2 rings (SSSR count). The summed E-state index contributed by atoms with van der Waals surface area (Å²) in [5, 5.41) is 6.39. The zero-order valence-electron chi connectivity index (χ0n) is 10.6. The fraction of sp³-hybridized carbons (Fsp3) is 0.455. The van der Waals surface area contributed by atoms with Gasteiger partial charge in [-0.3, -0.25) is 5.32 Å². The zero-order chi connectivity index (χ0) is 12.4. The van der Waals surface area contributed by atoms with E-state index in [1.807, 2.05) is 45.1 Å². The van der Waals surface area contributed by atoms with Gasteiger partial charge in [0.05, 0.1) is 5.69 Å². The highest BCUT2D eigenvalue weighted by Crippen LogP contribution is 2.12. The minimum Gasteiger partial charge on any atom is -0.363 e. The van der Waals surface area contributed by atoms with Gasteiger partial charge in [-0.25, -0.2) is 9.98 Å². The van der Waals surface area contributed by atoms with E-state index in [1.54, 1.807) is 0 Å². The summed E-state index contributed by atoms with van der Waals surface area (Å²) in [5.41, 5.74) is 2.10. The molecular formula is C11H18N6. The Labute approximate surface area is 101 Å². The molecule has 0 spiro atoms. The molecule has 2 heterocycles. The number of guanidine groups is 2. The topological polar surface area (TPSA) is 67.8 Å². The number of anilines is 1. The van der Waals surface area contributed by atoms with E-state index in [4.69, 9.17) is 0 Å². The Morgan fingerprint density at radius 1 is 1.35 bits per heavy atom. The quantitative estimate of drug-likeness (QED) is 0.678. The molecule has 1 aliphatic rings. The Bertz CT molecular complexity index is 456. The molecule has 17 heavy (non-hydrogen) atoms. The van der Waals surface area contributed by atoms with Gasteiger partial charge in [0.15, 0.2) is 0 Å². The van der Waals surface area contributed by atoms with Crippen LogP contribution >= 0.6 is 0 Å². The van der Waals surface area contributed by atoms with E-state index >= 15 is 0 Å². The second-order valence-electron chi connectivity index (χ2n) is 4.22. The van der Waals surface area contributed by atoms with Crippen molar-refractivity contribution in [1.82, 2.24) is 15.2 Å². The van der Waals surface area contributed by atoms with E-state index in [1.165, 1.54) is 0 Å². The number of nitrogens with zero attached hydrogens (tertiary/aromatic N) is 3. The van der Waals surface area contributed by atoms with Crippen molar-refractivity contribution >= 4 is 17.6 Å². The third-order valence-corrected chi connectivity index (χ3v) is 2.49. The maximum atomic E-state index is 4.40. The van der Waals surface area contributed by atoms with Gasteiger partial charge in [0.1, 0.15) is 6.17 Å². The fourth-order valence-electron chi connectivity index (χ4n) is 1.57. The summed E-state index contributed by atoms with van der Waals surface area (Å²) in [5.74, 6) is 1.53. The molecule has 0 aromatic carbocycles. The van der Waals surface area contributed by atoms with Crippen LogP contribution in [0.2, 0.25) is 0 Å². The van der Waals surface area contributed by atoms with Gasteiger partial charge in [0.25, 0.3) is 0 Å². The third-order valence-electron chi connectivity index (χ3n) is 2.49. The molecule has 6 heteroatoms. The van der Waals surface area contributed by atoms with E-state index in [2.05, 4.69) is 25.6 Å². The highest BCUT2D eigenvalue weighted by atomic mass is 15.4. The molecule has 0 saturated heterocycles. The molecule has 0 aliphatic carbocycles. The first-order chi connectivity index (χ1) is 8.06. The van der Waals surface area contributed by atoms with Gasteiger partial charge in [-0.05, 0) is 19.9 Å². The van der Waals surface area contributed by atoms with Gasteiger partial charge in [-0.1, -0.05) is 0 Å². The Balaban J connectivity index is 2.11. The number of hydrogen-bond acceptors (Lipinski definition) is 5. The largest absolute Gasteiger partial charge is 0.363 e. The fourth-order valence-corrected chi connectivity index (χ4v) is 1.57. The number of aliphatic imine (C=N–C) groups is 2. The van der Waals surface area contributed by atoms with Gasteiger partial charge < -0.3 is 15.2 Å². The zero-order valence-corrected chi connectivity index (χ0v) is 10.6. The average molecular weight is 234 g/mol. The van der Waals surface area contributed by atoms with E-state index in [-0.39, 0.29) is 6.17 Å². The predicted molar refractivity (Wildman–Crippen MR) is 70.3 cm³/mol. The summed E-state index contributed by atoms with van der Waals surface area (Å²) in [4.78, 5) is 13.8. The second-order valence-corrected chi connectivity index (χ2v) is 4.22. The normalized spacial score (nSPS) is 19.2. The number of aryl methyl sites for hydroxylation is 1. The van der Waals surface area contributed by atoms with Crippen molar-refractivity contribution in [3.05, 3.63) is 18.0 Å². The van der Waals surface area contributed by atoms with Crippen molar-refractivity contribution in [3.63, 3.8) is 0 Å². The summed E-state index contributed by atoms with van der Waals surface area (Å²) in [7, 11) is 3.89. The van der Waals surface area contributed by atoms with Crippen molar-refractivity contribution in [2.75, 3.05) is 19.4 Å². The van der Waals surface area contributed by atoms with Gasteiger partial charge in [-0.2, -0.15) is 0 Å². The first kappa shape index (κ1) is 11.5. The van der Waals surface area contributed by atoms with Gasteiger partial charge in [0, 0.05) is 26.0 Å². The van der Waals surface area contributed by atoms with Crippen LogP contribution in [0, 0.1) is 6.92 Å². The molecule has 1 atom stereocenters. The molecule has 1 aliphatic heterocycles. The minimum atomic E-state index is -0.0737. The van der Waals surface area contributed by atoms with E-state index in [0.717, 1.165) is 23.3 Å². The molecule has 6 nitrogen and oxygen atoms in total. The van der Waals surface area contributed by atoms with Crippen molar-refractivity contribution in [3.8, 4) is 0 Å². The van der Waals surface area contributed by atoms with Crippen molar-refractivity contribution in [2.45, 2.75) is 20.0 Å². The lowest BCUT2D eigenvalue weighted by atomic mass is 10.4. The SMILES string of the molecule is Cc1[nH]ccc1NC1=NC(C)N=C(N(C)C)N1. The van der Waals surface area contributed by atoms with Crippen LogP contribution in [0.3, 0.4) is 0 Å². The molecule has 0 saturated carbocycles. The van der Waals surface area contributed by atoms with E-state index < -0.39 is 0 Å². The summed E-state index contributed by atoms with van der Waals surface area (Å²) in [6, 6.07) is 1.98. The number of H-pyrrole nitrogens is 1. The van der Waals surface area contributed by atoms with Crippen molar-refractivity contribution < 1.29 is 0 Å². The Morgan fingerprint density at radius 2 is 2.12 bits per heavy atom. The van der Waals surface area contributed by atoms with E-state index in [0.29, 0.717) is 0 Å². The molecule has 0 fully saturated rings. The van der Waals surface area contributed by atoms with Gasteiger partial charge in [-0.15, -0.1) is 0 Å². The van der Waals surface area contributed by atoms with Crippen LogP contribution in [0.15, 0.2) is 22.2 Å². The summed E-state index contributed by atoms with van der Waals surface area (Å²) in [6.45, 7) is 3.96. The van der Waals surface area contributed by atoms with Crippen LogP contribution in [-0.4, -0.2) is 42.1 Å². The van der Waals surface area contributed by atoms with Crippen molar-refractivity contribution in [1.29, 1.82) is 0 Å². The number of hydrogen-bond donors (Lipinski definition) is 3. The van der Waals surface area contributed by atoms with Crippen LogP contribution in [0.25, 0.3) is 0 Å². The monoisotopic (exact) mass is 234 g/mol. The number of aromatic amines is 1. The number of nitrogens with one attached hydrogen (secondary N) is 3. The third kappa shape index (κ3) is 2.58. The summed E-state index contributed by atoms with van der Waals surface area (Å²) >= 11 is 0. The first-order valence-electron chi connectivity index (χ1n) is 5.57. The Kier molecular flexibility index (Phi) is 3.03. The Hall–Kier alpha value is -1.98. The highest BCUT2D eigenvalue weighted by molar-refractivity contribution is 6.06. The molecule has 1 aromatic rings. The van der Waals surface area contributed by atoms with Crippen LogP contribution < -0.4 is 10.6 Å². The lowest BCUT2D eigenvalue weighted by Crippen LogP contribution is -2.46. The molecule has 3 N–H and O–H groups in total. The molecule has 92 valence electrons. The standard InChI is InChI=1S/C11H18N6/c1-7-9(5-6-12-7)15-10-13-8(2)14-11(16-10)17(3)4/h5-6,8,12H,1-4H3,(H2,13,14,15,16). The van der Waals surface area contributed by atoms with Crippen molar-refractivity contribution in [2.24, 2.45) is 9.98 Å². The number of rotatable bonds is 1. The van der Waals surface area contributed by atoms with Crippen LogP contribution in [0.5, 0.6) is 0 Å². The second kappa shape index (κ2) is 4.48. The average Bonchev–Trinajstić information content (AvgIpc) is 2.63. The smallest absolute Gasteiger partial charge is 0.204 e. The predicted octanol–water partition coefficient (Wildman–Crippen LogP) is 0.958. The van der Waals surface area contributed by atoms with Gasteiger partial charge >= 0.3 is 0 Å².